The van der Waals surface area contributed by atoms with Crippen molar-refractivity contribution >= 4 is 29.5 Å². The minimum atomic E-state index is -2.11. The summed E-state index contributed by atoms with van der Waals surface area (Å²) in [4.78, 5) is 41.4. The first-order valence-corrected chi connectivity index (χ1v) is 15.9. The summed E-state index contributed by atoms with van der Waals surface area (Å²) in [6.07, 6.45) is 3.86. The summed E-state index contributed by atoms with van der Waals surface area (Å²) >= 11 is 1.44. The van der Waals surface area contributed by atoms with E-state index in [-0.39, 0.29) is 29.9 Å². The van der Waals surface area contributed by atoms with Crippen molar-refractivity contribution in [2.45, 2.75) is 73.1 Å². The number of rotatable bonds is 6. The SMILES string of the molecule is C[C@]12C=CC(=O)C=C1CC[C@H]1[C@@H]3CCC(OC(=O)c4ccc(Sc5ccc(O)cc5)cc4)(C(=O)OCC#N)[C@@]3(C)C[C@H](O)C12F. The molecule has 0 aromatic heterocycles. The van der Waals surface area contributed by atoms with Crippen LogP contribution in [0.2, 0.25) is 0 Å². The number of aromatic hydroxyl groups is 1. The van der Waals surface area contributed by atoms with Crippen LogP contribution in [0.4, 0.5) is 4.39 Å². The smallest absolute Gasteiger partial charge is 0.352 e. The molecule has 3 fully saturated rings. The van der Waals surface area contributed by atoms with Crippen molar-refractivity contribution in [3.05, 3.63) is 77.9 Å². The van der Waals surface area contributed by atoms with Crippen molar-refractivity contribution in [3.8, 4) is 11.8 Å². The highest BCUT2D eigenvalue weighted by Gasteiger charge is 2.76. The summed E-state index contributed by atoms with van der Waals surface area (Å²) in [5.74, 6) is -2.85. The predicted octanol–water partition coefficient (Wildman–Crippen LogP) is 5.88. The van der Waals surface area contributed by atoms with Crippen molar-refractivity contribution in [1.82, 2.24) is 0 Å². The van der Waals surface area contributed by atoms with E-state index in [4.69, 9.17) is 14.7 Å². The maximum Gasteiger partial charge on any atom is 0.352 e. The topological polar surface area (TPSA) is 134 Å². The second kappa shape index (κ2) is 11.1. The number of carbonyl (C=O) groups excluding carboxylic acids is 3. The Labute approximate surface area is 264 Å². The van der Waals surface area contributed by atoms with Gasteiger partial charge in [-0.1, -0.05) is 30.3 Å². The molecule has 8 nitrogen and oxygen atoms in total. The second-order valence-electron chi connectivity index (χ2n) is 12.9. The minimum Gasteiger partial charge on any atom is -0.508 e. The summed E-state index contributed by atoms with van der Waals surface area (Å²) in [6.45, 7) is 2.92. The Morgan fingerprint density at radius 2 is 1.73 bits per heavy atom. The molecule has 45 heavy (non-hydrogen) atoms. The summed E-state index contributed by atoms with van der Waals surface area (Å²) in [7, 11) is 0. The minimum absolute atomic E-state index is 0.0476. The molecule has 2 unspecified atom stereocenters. The number of ketones is 1. The molecule has 0 heterocycles. The zero-order chi connectivity index (χ0) is 32.2. The Balaban J connectivity index is 1.31. The quantitative estimate of drug-likeness (QED) is 0.375. The van der Waals surface area contributed by atoms with E-state index in [1.54, 1.807) is 74.5 Å². The summed E-state index contributed by atoms with van der Waals surface area (Å²) in [6, 6.07) is 15.2. The van der Waals surface area contributed by atoms with Gasteiger partial charge in [-0.05, 0) is 106 Å². The number of ether oxygens (including phenoxy) is 2. The van der Waals surface area contributed by atoms with Gasteiger partial charge < -0.3 is 19.7 Å². The summed E-state index contributed by atoms with van der Waals surface area (Å²) in [5.41, 5.74) is -5.53. The molecule has 2 N–H and O–H groups in total. The van der Waals surface area contributed by atoms with Gasteiger partial charge >= 0.3 is 11.9 Å². The van der Waals surface area contributed by atoms with Crippen LogP contribution in [-0.2, 0) is 19.1 Å². The number of alkyl halides is 1. The lowest BCUT2D eigenvalue weighted by Gasteiger charge is -2.62. The molecule has 7 atom stereocenters. The molecule has 10 heteroatoms. The molecule has 2 aromatic carbocycles. The first kappa shape index (κ1) is 31.1. The molecule has 0 spiro atoms. The zero-order valence-electron chi connectivity index (χ0n) is 25.0. The van der Waals surface area contributed by atoms with Gasteiger partial charge in [-0.2, -0.15) is 5.26 Å². The van der Waals surface area contributed by atoms with Gasteiger partial charge in [-0.3, -0.25) is 4.79 Å². The van der Waals surface area contributed by atoms with Crippen LogP contribution in [-0.4, -0.2) is 51.9 Å². The third-order valence-corrected chi connectivity index (χ3v) is 11.8. The van der Waals surface area contributed by atoms with E-state index in [1.165, 1.54) is 23.9 Å². The lowest BCUT2D eigenvalue weighted by atomic mass is 9.45. The molecule has 6 rings (SSSR count). The van der Waals surface area contributed by atoms with Crippen LogP contribution in [0.15, 0.2) is 82.1 Å². The molecule has 3 saturated carbocycles. The second-order valence-corrected chi connectivity index (χ2v) is 14.0. The number of aliphatic hydroxyl groups is 1. The Bertz CT molecular complexity index is 1650. The molecule has 2 aromatic rings. The number of nitrogens with zero attached hydrogens (tertiary/aromatic N) is 1. The highest BCUT2D eigenvalue weighted by molar-refractivity contribution is 7.99. The van der Waals surface area contributed by atoms with E-state index in [1.807, 2.05) is 0 Å². The normalized spacial score (nSPS) is 34.9. The molecule has 0 aliphatic heterocycles. The van der Waals surface area contributed by atoms with Gasteiger partial charge in [0.05, 0.1) is 11.7 Å². The molecule has 4 aliphatic rings. The van der Waals surface area contributed by atoms with E-state index in [0.717, 1.165) is 9.79 Å². The number of phenols is 1. The molecule has 4 aliphatic carbocycles. The number of carbonyl (C=O) groups is 3. The number of benzene rings is 2. The molecular weight excluding hydrogens is 597 g/mol. The predicted molar refractivity (Wildman–Crippen MR) is 162 cm³/mol. The zero-order valence-corrected chi connectivity index (χ0v) is 25.8. The van der Waals surface area contributed by atoms with Gasteiger partial charge in [0.15, 0.2) is 18.1 Å². The van der Waals surface area contributed by atoms with E-state index in [9.17, 15) is 24.6 Å². The Kier molecular flexibility index (Phi) is 7.69. The van der Waals surface area contributed by atoms with Crippen LogP contribution in [0.25, 0.3) is 0 Å². The standard InChI is InChI=1S/C35H34FNO7S/c1-32-15-13-24(39)19-22(32)5-12-28-27-14-16-34(31(42)43-18-17-37,33(27,2)20-29(40)35(28,32)36)44-30(41)21-3-8-25(9-4-21)45-26-10-6-23(38)7-11-26/h3-4,6-11,13,15,19,27-29,38,40H,5,12,14,16,18,20H2,1-2H3/t27-,28-,29-,32-,33-,34?,35?/m0/s1. The Morgan fingerprint density at radius 3 is 2.40 bits per heavy atom. The van der Waals surface area contributed by atoms with Gasteiger partial charge in [-0.15, -0.1) is 0 Å². The van der Waals surface area contributed by atoms with E-state index < -0.39 is 58.6 Å². The first-order chi connectivity index (χ1) is 21.4. The van der Waals surface area contributed by atoms with Crippen LogP contribution >= 0.6 is 11.8 Å². The number of phenolic OH excluding ortho intramolecular Hbond substituents is 1. The van der Waals surface area contributed by atoms with Crippen molar-refractivity contribution in [2.24, 2.45) is 22.7 Å². The average molecular weight is 632 g/mol. The number of fused-ring (bicyclic) bond motifs is 5. The van der Waals surface area contributed by atoms with Gasteiger partial charge in [0.25, 0.3) is 0 Å². The molecule has 0 bridgehead atoms. The maximum atomic E-state index is 17.5. The summed E-state index contributed by atoms with van der Waals surface area (Å²) in [5, 5.41) is 30.4. The van der Waals surface area contributed by atoms with Crippen molar-refractivity contribution < 1.29 is 38.5 Å². The number of hydrogen-bond donors (Lipinski definition) is 2. The number of halogens is 1. The maximum absolute atomic E-state index is 17.5. The van der Waals surface area contributed by atoms with E-state index >= 15 is 4.39 Å². The molecule has 0 amide bonds. The molecule has 0 saturated heterocycles. The molecule has 234 valence electrons. The third kappa shape index (κ3) is 4.70. The molecule has 0 radical (unpaired) electrons. The largest absolute Gasteiger partial charge is 0.508 e. The highest BCUT2D eigenvalue weighted by atomic mass is 32.2. The average Bonchev–Trinajstić information content (AvgIpc) is 3.30. The van der Waals surface area contributed by atoms with Crippen LogP contribution in [0.3, 0.4) is 0 Å². The van der Waals surface area contributed by atoms with E-state index in [0.29, 0.717) is 24.8 Å². The highest BCUT2D eigenvalue weighted by Crippen LogP contribution is 2.70. The van der Waals surface area contributed by atoms with Crippen LogP contribution < -0.4 is 0 Å². The molecular formula is C35H34FNO7S. The number of esters is 2. The number of aliphatic hydroxyl groups excluding tert-OH is 1. The fourth-order valence-corrected chi connectivity index (χ4v) is 9.30. The monoisotopic (exact) mass is 631 g/mol. The fraction of sp³-hybridized carbons (Fsp3) is 0.429. The van der Waals surface area contributed by atoms with Crippen LogP contribution in [0, 0.1) is 34.0 Å². The van der Waals surface area contributed by atoms with Gasteiger partial charge in [0.2, 0.25) is 5.60 Å². The van der Waals surface area contributed by atoms with Crippen molar-refractivity contribution in [3.63, 3.8) is 0 Å². The fourth-order valence-electron chi connectivity index (χ4n) is 8.48. The van der Waals surface area contributed by atoms with Crippen molar-refractivity contribution in [1.29, 1.82) is 5.26 Å². The lowest BCUT2D eigenvalue weighted by Crippen LogP contribution is -2.69. The summed E-state index contributed by atoms with van der Waals surface area (Å²) < 4.78 is 29.0. The van der Waals surface area contributed by atoms with Gasteiger partial charge in [0.1, 0.15) is 11.8 Å². The Hall–Kier alpha value is -3.94. The van der Waals surface area contributed by atoms with Crippen LogP contribution in [0.5, 0.6) is 5.75 Å². The Morgan fingerprint density at radius 1 is 1.07 bits per heavy atom. The third-order valence-electron chi connectivity index (χ3n) is 10.8. The van der Waals surface area contributed by atoms with Crippen molar-refractivity contribution in [2.75, 3.05) is 6.61 Å². The first-order valence-electron chi connectivity index (χ1n) is 15.0. The van der Waals surface area contributed by atoms with Gasteiger partial charge in [-0.25, -0.2) is 14.0 Å². The van der Waals surface area contributed by atoms with Gasteiger partial charge in [0, 0.05) is 26.5 Å². The lowest BCUT2D eigenvalue weighted by molar-refractivity contribution is -0.224. The number of hydrogen-bond acceptors (Lipinski definition) is 9. The number of allylic oxidation sites excluding steroid dienone is 4. The number of nitriles is 1. The van der Waals surface area contributed by atoms with Crippen LogP contribution in [0.1, 0.15) is 56.3 Å². The van der Waals surface area contributed by atoms with E-state index in [2.05, 4.69) is 0 Å².